The highest BCUT2D eigenvalue weighted by Gasteiger charge is 2.27. The molecule has 0 radical (unpaired) electrons. The molecule has 172 valence electrons. The number of thiophene rings is 1. The van der Waals surface area contributed by atoms with Crippen molar-refractivity contribution in [2.45, 2.75) is 39.0 Å². The third kappa shape index (κ3) is 4.56. The van der Waals surface area contributed by atoms with E-state index >= 15 is 0 Å². The SMILES string of the molecule is CC(C)(C)c1sc2c(NCCCc3ccccc3)nc(-c3ccncc3)nc2c1-c1cn[nH]c1. The first-order valence-electron chi connectivity index (χ1n) is 11.5. The Labute approximate surface area is 203 Å². The van der Waals surface area contributed by atoms with E-state index in [2.05, 4.69) is 71.6 Å². The summed E-state index contributed by atoms with van der Waals surface area (Å²) in [5, 5.41) is 10.8. The summed E-state index contributed by atoms with van der Waals surface area (Å²) < 4.78 is 1.08. The monoisotopic (exact) mass is 468 g/mol. The molecule has 4 heterocycles. The minimum absolute atomic E-state index is 0.0423. The number of pyridine rings is 1. The lowest BCUT2D eigenvalue weighted by molar-refractivity contribution is 0.605. The standard InChI is InChI=1S/C27H28N6S/c1-27(2,3)24-21(20-16-30-31-17-20)22-23(34-24)26(29-13-7-10-18-8-5-4-6-9-18)33-25(32-22)19-11-14-28-15-12-19/h4-6,8-9,11-12,14-17H,7,10,13H2,1-3H3,(H,30,31)(H,29,32,33). The summed E-state index contributed by atoms with van der Waals surface area (Å²) in [4.78, 5) is 15.5. The number of benzene rings is 1. The molecule has 6 nitrogen and oxygen atoms in total. The number of aromatic nitrogens is 5. The van der Waals surface area contributed by atoms with Gasteiger partial charge in [0.25, 0.3) is 0 Å². The van der Waals surface area contributed by atoms with Crippen molar-refractivity contribution in [1.29, 1.82) is 0 Å². The Hall–Kier alpha value is -3.58. The molecule has 2 N–H and O–H groups in total. The first kappa shape index (κ1) is 22.2. The van der Waals surface area contributed by atoms with E-state index < -0.39 is 0 Å². The summed E-state index contributed by atoms with van der Waals surface area (Å²) in [6.07, 6.45) is 9.42. The second kappa shape index (κ2) is 9.35. The molecule has 4 aromatic heterocycles. The molecule has 0 spiro atoms. The highest BCUT2D eigenvalue weighted by atomic mass is 32.1. The minimum atomic E-state index is -0.0423. The fraction of sp³-hybridized carbons (Fsp3) is 0.259. The molecular weight excluding hydrogens is 440 g/mol. The zero-order valence-electron chi connectivity index (χ0n) is 19.7. The van der Waals surface area contributed by atoms with Crippen LogP contribution in [0.15, 0.2) is 67.3 Å². The average molecular weight is 469 g/mol. The van der Waals surface area contributed by atoms with Gasteiger partial charge in [0.2, 0.25) is 0 Å². The molecule has 1 aromatic carbocycles. The zero-order chi connectivity index (χ0) is 23.5. The number of nitrogens with one attached hydrogen (secondary N) is 2. The van der Waals surface area contributed by atoms with Gasteiger partial charge in [-0.25, -0.2) is 9.97 Å². The molecule has 0 atom stereocenters. The van der Waals surface area contributed by atoms with Gasteiger partial charge in [0, 0.05) is 46.7 Å². The predicted octanol–water partition coefficient (Wildman–Crippen LogP) is 6.49. The van der Waals surface area contributed by atoms with Gasteiger partial charge in [0.15, 0.2) is 5.82 Å². The van der Waals surface area contributed by atoms with Crippen LogP contribution in [0.25, 0.3) is 32.7 Å². The largest absolute Gasteiger partial charge is 0.369 e. The molecule has 5 rings (SSSR count). The molecule has 0 saturated heterocycles. The van der Waals surface area contributed by atoms with Gasteiger partial charge in [-0.05, 0) is 36.0 Å². The van der Waals surface area contributed by atoms with Gasteiger partial charge >= 0.3 is 0 Å². The Morgan fingerprint density at radius 1 is 0.971 bits per heavy atom. The Morgan fingerprint density at radius 2 is 1.76 bits per heavy atom. The van der Waals surface area contributed by atoms with Crippen LogP contribution < -0.4 is 5.32 Å². The smallest absolute Gasteiger partial charge is 0.162 e. The topological polar surface area (TPSA) is 79.4 Å². The van der Waals surface area contributed by atoms with Crippen molar-refractivity contribution in [3.05, 3.63) is 77.7 Å². The zero-order valence-corrected chi connectivity index (χ0v) is 20.5. The van der Waals surface area contributed by atoms with E-state index in [1.165, 1.54) is 10.4 Å². The minimum Gasteiger partial charge on any atom is -0.369 e. The maximum absolute atomic E-state index is 5.06. The van der Waals surface area contributed by atoms with Crippen molar-refractivity contribution in [3.63, 3.8) is 0 Å². The summed E-state index contributed by atoms with van der Waals surface area (Å²) in [5.41, 5.74) is 5.40. The Bertz CT molecular complexity index is 1370. The molecule has 34 heavy (non-hydrogen) atoms. The van der Waals surface area contributed by atoms with Crippen molar-refractivity contribution in [3.8, 4) is 22.5 Å². The van der Waals surface area contributed by atoms with Gasteiger partial charge in [-0.2, -0.15) is 5.10 Å². The van der Waals surface area contributed by atoms with Crippen LogP contribution in [0.5, 0.6) is 0 Å². The van der Waals surface area contributed by atoms with Crippen LogP contribution in [-0.4, -0.2) is 31.7 Å². The molecular formula is C27H28N6S. The van der Waals surface area contributed by atoms with Gasteiger partial charge < -0.3 is 5.32 Å². The molecule has 0 amide bonds. The number of aryl methyl sites for hydroxylation is 1. The van der Waals surface area contributed by atoms with Gasteiger partial charge in [-0.1, -0.05) is 51.1 Å². The number of fused-ring (bicyclic) bond motifs is 1. The molecule has 0 aliphatic rings. The van der Waals surface area contributed by atoms with Crippen LogP contribution in [0.1, 0.15) is 37.6 Å². The van der Waals surface area contributed by atoms with Crippen molar-refractivity contribution < 1.29 is 0 Å². The number of rotatable bonds is 7. The van der Waals surface area contributed by atoms with Crippen molar-refractivity contribution >= 4 is 27.4 Å². The summed E-state index contributed by atoms with van der Waals surface area (Å²) in [6.45, 7) is 7.56. The maximum atomic E-state index is 5.06. The van der Waals surface area contributed by atoms with E-state index in [9.17, 15) is 0 Å². The number of aromatic amines is 1. The lowest BCUT2D eigenvalue weighted by Crippen LogP contribution is -2.09. The van der Waals surface area contributed by atoms with Gasteiger partial charge in [-0.15, -0.1) is 11.3 Å². The quantitative estimate of drug-likeness (QED) is 0.267. The molecule has 5 aromatic rings. The van der Waals surface area contributed by atoms with Crippen LogP contribution in [0.3, 0.4) is 0 Å². The first-order valence-corrected chi connectivity index (χ1v) is 12.3. The van der Waals surface area contributed by atoms with Crippen molar-refractivity contribution in [2.24, 2.45) is 0 Å². The third-order valence-corrected chi connectivity index (χ3v) is 7.33. The van der Waals surface area contributed by atoms with Crippen LogP contribution in [0.4, 0.5) is 5.82 Å². The molecule has 0 saturated carbocycles. The normalized spacial score (nSPS) is 11.7. The van der Waals surface area contributed by atoms with Gasteiger partial charge in [-0.3, -0.25) is 10.1 Å². The Kier molecular flexibility index (Phi) is 6.11. The molecule has 0 aliphatic carbocycles. The third-order valence-electron chi connectivity index (χ3n) is 5.72. The summed E-state index contributed by atoms with van der Waals surface area (Å²) in [6, 6.07) is 14.5. The van der Waals surface area contributed by atoms with Crippen molar-refractivity contribution in [2.75, 3.05) is 11.9 Å². The molecule has 0 aliphatic heterocycles. The number of hydrogen-bond donors (Lipinski definition) is 2. The number of anilines is 1. The number of nitrogens with zero attached hydrogens (tertiary/aromatic N) is 4. The number of H-pyrrole nitrogens is 1. The summed E-state index contributed by atoms with van der Waals surface area (Å²) in [5.74, 6) is 1.58. The Balaban J connectivity index is 1.58. The van der Waals surface area contributed by atoms with E-state index in [0.717, 1.165) is 52.1 Å². The van der Waals surface area contributed by atoms with Gasteiger partial charge in [0.1, 0.15) is 5.82 Å². The Morgan fingerprint density at radius 3 is 2.47 bits per heavy atom. The highest BCUT2D eigenvalue weighted by Crippen LogP contribution is 2.46. The predicted molar refractivity (Wildman–Crippen MR) is 140 cm³/mol. The molecule has 0 fully saturated rings. The lowest BCUT2D eigenvalue weighted by atomic mass is 9.89. The van der Waals surface area contributed by atoms with E-state index in [-0.39, 0.29) is 5.41 Å². The number of hydrogen-bond acceptors (Lipinski definition) is 6. The van der Waals surface area contributed by atoms with E-state index in [1.807, 2.05) is 24.5 Å². The van der Waals surface area contributed by atoms with Crippen LogP contribution >= 0.6 is 11.3 Å². The summed E-state index contributed by atoms with van der Waals surface area (Å²) in [7, 11) is 0. The van der Waals surface area contributed by atoms with Crippen LogP contribution in [-0.2, 0) is 11.8 Å². The highest BCUT2D eigenvalue weighted by molar-refractivity contribution is 7.20. The maximum Gasteiger partial charge on any atom is 0.162 e. The second-order valence-electron chi connectivity index (χ2n) is 9.37. The fourth-order valence-corrected chi connectivity index (χ4v) is 5.34. The van der Waals surface area contributed by atoms with Gasteiger partial charge in [0.05, 0.1) is 16.4 Å². The first-order chi connectivity index (χ1) is 16.5. The van der Waals surface area contributed by atoms with E-state index in [4.69, 9.17) is 9.97 Å². The van der Waals surface area contributed by atoms with Crippen LogP contribution in [0, 0.1) is 0 Å². The van der Waals surface area contributed by atoms with E-state index in [1.54, 1.807) is 23.7 Å². The van der Waals surface area contributed by atoms with Crippen LogP contribution in [0.2, 0.25) is 0 Å². The molecule has 7 heteroatoms. The van der Waals surface area contributed by atoms with E-state index in [0.29, 0.717) is 5.82 Å². The second-order valence-corrected chi connectivity index (χ2v) is 10.4. The van der Waals surface area contributed by atoms with Crippen molar-refractivity contribution in [1.82, 2.24) is 25.1 Å². The summed E-state index contributed by atoms with van der Waals surface area (Å²) >= 11 is 1.77. The lowest BCUT2D eigenvalue weighted by Gasteiger charge is -2.18. The molecule has 0 bridgehead atoms. The fourth-order valence-electron chi connectivity index (χ4n) is 4.05. The average Bonchev–Trinajstić information content (AvgIpc) is 3.50. The molecule has 0 unspecified atom stereocenters.